The second kappa shape index (κ2) is 10.6. The van der Waals surface area contributed by atoms with Crippen LogP contribution in [-0.4, -0.2) is 7.11 Å². The largest absolute Gasteiger partial charge is 0.496 e. The fourth-order valence-corrected chi connectivity index (χ4v) is 7.99. The Bertz CT molecular complexity index is 2520. The van der Waals surface area contributed by atoms with Crippen LogP contribution in [0.3, 0.4) is 0 Å². The molecule has 1 aliphatic rings. The molecule has 1 nitrogen and oxygen atoms in total. The van der Waals surface area contributed by atoms with Crippen molar-refractivity contribution in [1.82, 2.24) is 0 Å². The van der Waals surface area contributed by atoms with Gasteiger partial charge in [-0.1, -0.05) is 127 Å². The third kappa shape index (κ3) is 4.00. The molecule has 3 heteroatoms. The van der Waals surface area contributed by atoms with Crippen LogP contribution in [-0.2, 0) is 0 Å². The highest BCUT2D eigenvalue weighted by molar-refractivity contribution is 9.10. The Labute approximate surface area is 280 Å². The molecule has 218 valence electrons. The fraction of sp³-hybridized carbons (Fsp3) is 0.0233. The van der Waals surface area contributed by atoms with Crippen LogP contribution in [0.25, 0.3) is 88.0 Å². The van der Waals surface area contributed by atoms with Gasteiger partial charge >= 0.3 is 0 Å². The number of benzene rings is 8. The van der Waals surface area contributed by atoms with Gasteiger partial charge in [0.2, 0.25) is 0 Å². The van der Waals surface area contributed by atoms with Crippen molar-refractivity contribution in [2.24, 2.45) is 0 Å². The number of rotatable bonds is 4. The van der Waals surface area contributed by atoms with Crippen molar-refractivity contribution >= 4 is 59.8 Å². The Hall–Kier alpha value is -4.89. The van der Waals surface area contributed by atoms with E-state index in [1.165, 1.54) is 76.8 Å². The molecule has 0 fully saturated rings. The van der Waals surface area contributed by atoms with Crippen LogP contribution in [0.1, 0.15) is 0 Å². The molecule has 0 aromatic heterocycles. The molecule has 0 saturated heterocycles. The molecular weight excluding hydrogens is 648 g/mol. The van der Waals surface area contributed by atoms with Gasteiger partial charge in [0.05, 0.1) is 12.1 Å². The normalized spacial score (nSPS) is 11.8. The van der Waals surface area contributed by atoms with Gasteiger partial charge in [-0.15, -0.1) is 0 Å². The first-order valence-corrected chi connectivity index (χ1v) is 16.5. The minimum absolute atomic E-state index is 0.619. The maximum Gasteiger partial charge on any atom is 0.128 e. The van der Waals surface area contributed by atoms with Crippen molar-refractivity contribution in [2.75, 3.05) is 7.11 Å². The summed E-state index contributed by atoms with van der Waals surface area (Å²) in [7, 11) is 1.70. The number of methoxy groups -OCH3 is 1. The van der Waals surface area contributed by atoms with E-state index >= 15 is 0 Å². The summed E-state index contributed by atoms with van der Waals surface area (Å²) in [5.74, 6) is 0.738. The molecule has 0 radical (unpaired) electrons. The standard InChI is InChI=1S/C43H26BrClO/c1-46-38-24-37(45)36(44)23-33(38)28-19-20-31-34(21-28)40(26-13-6-3-7-14-26)43-35-22-27-15-8-9-16-29(27)30-17-10-18-32(41(30)35)42(43)39(31)25-11-4-2-5-12-25/h2-24H,1H3. The summed E-state index contributed by atoms with van der Waals surface area (Å²) in [6.45, 7) is 0. The predicted molar refractivity (Wildman–Crippen MR) is 199 cm³/mol. The molecule has 0 amide bonds. The number of halogens is 2. The van der Waals surface area contributed by atoms with E-state index in [9.17, 15) is 0 Å². The quantitative estimate of drug-likeness (QED) is 0.169. The Morgan fingerprint density at radius 1 is 0.478 bits per heavy atom. The zero-order valence-corrected chi connectivity index (χ0v) is 27.3. The molecule has 1 aliphatic carbocycles. The van der Waals surface area contributed by atoms with E-state index in [2.05, 4.69) is 149 Å². The molecule has 46 heavy (non-hydrogen) atoms. The zero-order valence-electron chi connectivity index (χ0n) is 24.9. The lowest BCUT2D eigenvalue weighted by atomic mass is 9.81. The van der Waals surface area contributed by atoms with Gasteiger partial charge in [-0.25, -0.2) is 0 Å². The summed E-state index contributed by atoms with van der Waals surface area (Å²) in [4.78, 5) is 0. The van der Waals surface area contributed by atoms with Gasteiger partial charge in [0, 0.05) is 16.1 Å². The molecule has 0 bridgehead atoms. The number of ether oxygens (including phenoxy) is 1. The van der Waals surface area contributed by atoms with Crippen LogP contribution in [0.5, 0.6) is 5.75 Å². The number of hydrogen-bond donors (Lipinski definition) is 0. The molecule has 0 saturated carbocycles. The van der Waals surface area contributed by atoms with E-state index < -0.39 is 0 Å². The second-order valence-corrected chi connectivity index (χ2v) is 13.1. The van der Waals surface area contributed by atoms with Crippen molar-refractivity contribution in [3.63, 3.8) is 0 Å². The first-order valence-electron chi connectivity index (χ1n) is 15.4. The Kier molecular flexibility index (Phi) is 6.31. The lowest BCUT2D eigenvalue weighted by Crippen LogP contribution is -1.95. The molecule has 9 rings (SSSR count). The highest BCUT2D eigenvalue weighted by Gasteiger charge is 2.31. The number of fused-ring (bicyclic) bond motifs is 6. The molecule has 0 aliphatic heterocycles. The van der Waals surface area contributed by atoms with Gasteiger partial charge in [-0.2, -0.15) is 0 Å². The average molecular weight is 674 g/mol. The SMILES string of the molecule is COc1cc(Cl)c(Br)cc1-c1ccc2c(-c3ccccc3)c3c(c(-c4ccccc4)c2c1)-c1cc2ccccc2c2cccc-3c12. The Morgan fingerprint density at radius 3 is 1.87 bits per heavy atom. The maximum absolute atomic E-state index is 6.50. The van der Waals surface area contributed by atoms with Gasteiger partial charge in [0.15, 0.2) is 0 Å². The van der Waals surface area contributed by atoms with E-state index in [1.807, 2.05) is 6.07 Å². The Morgan fingerprint density at radius 2 is 1.13 bits per heavy atom. The van der Waals surface area contributed by atoms with Gasteiger partial charge in [-0.05, 0) is 117 Å². The van der Waals surface area contributed by atoms with Crippen molar-refractivity contribution in [2.45, 2.75) is 0 Å². The molecular formula is C43H26BrClO. The molecule has 0 heterocycles. The third-order valence-electron chi connectivity index (χ3n) is 9.41. The van der Waals surface area contributed by atoms with E-state index in [1.54, 1.807) is 7.11 Å². The average Bonchev–Trinajstić information content (AvgIpc) is 3.43. The topological polar surface area (TPSA) is 9.23 Å². The summed E-state index contributed by atoms with van der Waals surface area (Å²) < 4.78 is 6.68. The van der Waals surface area contributed by atoms with Gasteiger partial charge in [0.25, 0.3) is 0 Å². The third-order valence-corrected chi connectivity index (χ3v) is 10.6. The Balaban J connectivity index is 1.50. The highest BCUT2D eigenvalue weighted by Crippen LogP contribution is 2.59. The van der Waals surface area contributed by atoms with E-state index in [4.69, 9.17) is 16.3 Å². The molecule has 0 spiro atoms. The molecule has 8 aromatic rings. The van der Waals surface area contributed by atoms with Crippen molar-refractivity contribution in [3.8, 4) is 61.4 Å². The minimum atomic E-state index is 0.619. The van der Waals surface area contributed by atoms with Gasteiger partial charge < -0.3 is 4.74 Å². The fourth-order valence-electron chi connectivity index (χ4n) is 7.50. The second-order valence-electron chi connectivity index (χ2n) is 11.8. The summed E-state index contributed by atoms with van der Waals surface area (Å²) >= 11 is 10.2. The summed E-state index contributed by atoms with van der Waals surface area (Å²) in [6, 6.07) is 50.5. The highest BCUT2D eigenvalue weighted by atomic mass is 79.9. The van der Waals surface area contributed by atoms with Crippen LogP contribution >= 0.6 is 27.5 Å². The summed E-state index contributed by atoms with van der Waals surface area (Å²) in [5.41, 5.74) is 12.1. The van der Waals surface area contributed by atoms with Crippen LogP contribution in [0.2, 0.25) is 5.02 Å². The lowest BCUT2D eigenvalue weighted by Gasteiger charge is -2.21. The van der Waals surface area contributed by atoms with Crippen LogP contribution < -0.4 is 4.74 Å². The lowest BCUT2D eigenvalue weighted by molar-refractivity contribution is 0.416. The van der Waals surface area contributed by atoms with Crippen molar-refractivity contribution in [3.05, 3.63) is 149 Å². The molecule has 8 aromatic carbocycles. The monoisotopic (exact) mass is 672 g/mol. The van der Waals surface area contributed by atoms with Crippen molar-refractivity contribution in [1.29, 1.82) is 0 Å². The summed E-state index contributed by atoms with van der Waals surface area (Å²) in [5, 5.41) is 8.18. The van der Waals surface area contributed by atoms with Crippen molar-refractivity contribution < 1.29 is 4.74 Å². The number of hydrogen-bond acceptors (Lipinski definition) is 1. The van der Waals surface area contributed by atoms with E-state index in [0.717, 1.165) is 21.3 Å². The van der Waals surface area contributed by atoms with Gasteiger partial charge in [0.1, 0.15) is 5.75 Å². The molecule has 0 atom stereocenters. The predicted octanol–water partition coefficient (Wildman–Crippen LogP) is 13.2. The molecule has 0 unspecified atom stereocenters. The first-order chi connectivity index (χ1) is 22.6. The van der Waals surface area contributed by atoms with Gasteiger partial charge in [-0.3, -0.25) is 0 Å². The first kappa shape index (κ1) is 27.4. The van der Waals surface area contributed by atoms with Crippen LogP contribution in [0, 0.1) is 0 Å². The smallest absolute Gasteiger partial charge is 0.128 e. The maximum atomic E-state index is 6.50. The van der Waals surface area contributed by atoms with E-state index in [-0.39, 0.29) is 0 Å². The summed E-state index contributed by atoms with van der Waals surface area (Å²) in [6.07, 6.45) is 0. The molecule has 0 N–H and O–H groups in total. The van der Waals surface area contributed by atoms with Crippen LogP contribution in [0.4, 0.5) is 0 Å². The van der Waals surface area contributed by atoms with E-state index in [0.29, 0.717) is 5.02 Å². The minimum Gasteiger partial charge on any atom is -0.496 e. The van der Waals surface area contributed by atoms with Crippen LogP contribution in [0.15, 0.2) is 144 Å². The zero-order chi connectivity index (χ0) is 30.9.